The van der Waals surface area contributed by atoms with Crippen LogP contribution in [0.4, 0.5) is 0 Å². The molecule has 0 saturated heterocycles. The van der Waals surface area contributed by atoms with E-state index < -0.39 is 0 Å². The zero-order valence-electron chi connectivity index (χ0n) is 19.3. The highest BCUT2D eigenvalue weighted by Crippen LogP contribution is 2.35. The molecule has 0 amide bonds. The number of aryl methyl sites for hydroxylation is 1. The number of rotatable bonds is 3. The number of fused-ring (bicyclic) bond motifs is 1. The van der Waals surface area contributed by atoms with E-state index in [0.29, 0.717) is 12.0 Å². The summed E-state index contributed by atoms with van der Waals surface area (Å²) in [6, 6.07) is 22.4. The summed E-state index contributed by atoms with van der Waals surface area (Å²) in [6.45, 7) is 10.9. The molecule has 0 aliphatic rings. The molecule has 0 spiro atoms. The van der Waals surface area contributed by atoms with Crippen LogP contribution in [0.15, 0.2) is 66.7 Å². The van der Waals surface area contributed by atoms with Gasteiger partial charge in [0.2, 0.25) is 5.69 Å². The van der Waals surface area contributed by atoms with Crippen LogP contribution in [-0.4, -0.2) is 0 Å². The molecule has 4 aromatic rings. The lowest BCUT2D eigenvalue weighted by molar-refractivity contribution is -0.665. The van der Waals surface area contributed by atoms with Gasteiger partial charge in [-0.05, 0) is 65.1 Å². The minimum absolute atomic E-state index is 0.442. The lowest BCUT2D eigenvalue weighted by atomic mass is 9.91. The fourth-order valence-corrected chi connectivity index (χ4v) is 4.09. The fraction of sp³-hybridized carbons (Fsp3) is 0.250. The Kier molecular flexibility index (Phi) is 4.67. The van der Waals surface area contributed by atoms with Crippen molar-refractivity contribution in [3.05, 3.63) is 89.1 Å². The van der Waals surface area contributed by atoms with Crippen molar-refractivity contribution in [1.29, 1.82) is 0 Å². The van der Waals surface area contributed by atoms with E-state index in [2.05, 4.69) is 107 Å². The molecule has 0 atom stereocenters. The number of benzene rings is 3. The molecule has 1 nitrogen and oxygen atoms in total. The molecule has 0 fully saturated rings. The first-order valence-corrected chi connectivity index (χ1v) is 10.4. The Morgan fingerprint density at radius 1 is 0.862 bits per heavy atom. The maximum absolute atomic E-state index is 8.78. The van der Waals surface area contributed by atoms with Gasteiger partial charge in [0.25, 0.3) is 0 Å². The second-order valence-corrected chi connectivity index (χ2v) is 8.41. The third-order valence-corrected chi connectivity index (χ3v) is 6.15. The Bertz CT molecular complexity index is 1250. The van der Waals surface area contributed by atoms with Crippen LogP contribution in [0.2, 0.25) is 0 Å². The zero-order chi connectivity index (χ0) is 21.6. The molecule has 0 unspecified atom stereocenters. The number of pyridine rings is 1. The van der Waals surface area contributed by atoms with E-state index in [-0.39, 0.29) is 0 Å². The van der Waals surface area contributed by atoms with E-state index in [0.717, 1.165) is 16.5 Å². The van der Waals surface area contributed by atoms with E-state index in [4.69, 9.17) is 1.37 Å². The Balaban J connectivity index is 2.08. The van der Waals surface area contributed by atoms with Gasteiger partial charge in [-0.1, -0.05) is 62.4 Å². The van der Waals surface area contributed by atoms with Crippen LogP contribution in [0.3, 0.4) is 0 Å². The van der Waals surface area contributed by atoms with Crippen LogP contribution in [0.25, 0.3) is 33.2 Å². The Morgan fingerprint density at radius 3 is 2.28 bits per heavy atom. The van der Waals surface area contributed by atoms with Gasteiger partial charge in [-0.25, -0.2) is 0 Å². The third kappa shape index (κ3) is 3.46. The summed E-state index contributed by atoms with van der Waals surface area (Å²) in [6.07, 6.45) is 0. The van der Waals surface area contributed by atoms with Crippen LogP contribution < -0.4 is 4.57 Å². The van der Waals surface area contributed by atoms with Crippen molar-refractivity contribution in [3.63, 3.8) is 0 Å². The standard InChI is InChI=1S/C28H30N/c1-18(2)23-12-13-26-25(16-23)15-20(4)29(6)28(26)27-17-24(14-19(3)21(27)5)22-10-8-7-9-11-22/h7-18H,1-6H3/q+1/i15D. The average molecular weight is 382 g/mol. The van der Waals surface area contributed by atoms with Gasteiger partial charge in [-0.15, -0.1) is 0 Å². The molecule has 3 aromatic carbocycles. The Hall–Kier alpha value is -2.93. The number of hydrogen-bond acceptors (Lipinski definition) is 0. The summed E-state index contributed by atoms with van der Waals surface area (Å²) in [5.41, 5.74) is 9.72. The maximum atomic E-state index is 8.78. The van der Waals surface area contributed by atoms with Crippen molar-refractivity contribution in [3.8, 4) is 22.4 Å². The normalized spacial score (nSPS) is 11.9. The summed E-state index contributed by atoms with van der Waals surface area (Å²) in [7, 11) is 2.09. The van der Waals surface area contributed by atoms with Gasteiger partial charge in [-0.3, -0.25) is 0 Å². The summed E-state index contributed by atoms with van der Waals surface area (Å²) in [5.74, 6) is 0.442. The quantitative estimate of drug-likeness (QED) is 0.335. The summed E-state index contributed by atoms with van der Waals surface area (Å²) in [5, 5.41) is 2.18. The number of nitrogens with zero attached hydrogens (tertiary/aromatic N) is 1. The molecule has 0 bridgehead atoms. The van der Waals surface area contributed by atoms with Crippen LogP contribution >= 0.6 is 0 Å². The first-order valence-electron chi connectivity index (χ1n) is 10.9. The Morgan fingerprint density at radius 2 is 1.59 bits per heavy atom. The monoisotopic (exact) mass is 381 g/mol. The van der Waals surface area contributed by atoms with Crippen molar-refractivity contribution in [1.82, 2.24) is 0 Å². The smallest absolute Gasteiger partial charge is 0.198 e. The van der Waals surface area contributed by atoms with E-state index in [1.165, 1.54) is 39.1 Å². The van der Waals surface area contributed by atoms with Crippen molar-refractivity contribution in [2.24, 2.45) is 7.05 Å². The summed E-state index contributed by atoms with van der Waals surface area (Å²) in [4.78, 5) is 0. The molecule has 146 valence electrons. The van der Waals surface area contributed by atoms with Gasteiger partial charge in [0, 0.05) is 13.0 Å². The van der Waals surface area contributed by atoms with Gasteiger partial charge in [0.05, 0.1) is 12.3 Å². The van der Waals surface area contributed by atoms with Gasteiger partial charge in [0.1, 0.15) is 7.05 Å². The van der Waals surface area contributed by atoms with Gasteiger partial charge < -0.3 is 0 Å². The first-order chi connectivity index (χ1) is 14.3. The van der Waals surface area contributed by atoms with E-state index in [9.17, 15) is 0 Å². The van der Waals surface area contributed by atoms with Crippen LogP contribution in [0.5, 0.6) is 0 Å². The van der Waals surface area contributed by atoms with Gasteiger partial charge in [0.15, 0.2) is 5.69 Å². The SMILES string of the molecule is [2H]c1c(C)[n+](C)c(-c2cc(-c3ccccc3)cc(C)c2C)c2ccc(C(C)C)cc12. The second kappa shape index (κ2) is 7.48. The highest BCUT2D eigenvalue weighted by atomic mass is 14.9. The Labute approximate surface area is 176 Å². The van der Waals surface area contributed by atoms with Gasteiger partial charge in [-0.2, -0.15) is 4.57 Å². The van der Waals surface area contributed by atoms with Crippen LogP contribution in [0, 0.1) is 20.8 Å². The van der Waals surface area contributed by atoms with Crippen molar-refractivity contribution in [2.75, 3.05) is 0 Å². The average Bonchev–Trinajstić information content (AvgIpc) is 2.75. The molecule has 29 heavy (non-hydrogen) atoms. The molecule has 1 aromatic heterocycles. The van der Waals surface area contributed by atoms with E-state index in [1.54, 1.807) is 0 Å². The first kappa shape index (κ1) is 18.1. The molecule has 0 aliphatic carbocycles. The van der Waals surface area contributed by atoms with Crippen molar-refractivity contribution >= 4 is 10.8 Å². The van der Waals surface area contributed by atoms with Crippen LogP contribution in [-0.2, 0) is 7.05 Å². The number of aromatic nitrogens is 1. The lowest BCUT2D eigenvalue weighted by Crippen LogP contribution is -2.35. The molecular weight excluding hydrogens is 350 g/mol. The van der Waals surface area contributed by atoms with E-state index in [1.807, 2.05) is 0 Å². The number of hydrogen-bond donors (Lipinski definition) is 0. The molecule has 1 heteroatoms. The molecule has 0 saturated carbocycles. The lowest BCUT2D eigenvalue weighted by Gasteiger charge is -2.15. The largest absolute Gasteiger partial charge is 0.220 e. The van der Waals surface area contributed by atoms with Crippen molar-refractivity contribution in [2.45, 2.75) is 40.5 Å². The summed E-state index contributed by atoms with van der Waals surface area (Å²) >= 11 is 0. The van der Waals surface area contributed by atoms with Crippen LogP contribution in [0.1, 0.15) is 43.5 Å². The predicted molar refractivity (Wildman–Crippen MR) is 124 cm³/mol. The molecule has 0 radical (unpaired) electrons. The maximum Gasteiger partial charge on any atom is 0.220 e. The predicted octanol–water partition coefficient (Wildman–Crippen LogP) is 7.05. The second-order valence-electron chi connectivity index (χ2n) is 8.41. The summed E-state index contributed by atoms with van der Waals surface area (Å²) < 4.78 is 11.0. The topological polar surface area (TPSA) is 3.88 Å². The highest BCUT2D eigenvalue weighted by molar-refractivity contribution is 5.95. The van der Waals surface area contributed by atoms with E-state index >= 15 is 0 Å². The highest BCUT2D eigenvalue weighted by Gasteiger charge is 2.21. The fourth-order valence-electron chi connectivity index (χ4n) is 4.09. The van der Waals surface area contributed by atoms with Crippen molar-refractivity contribution < 1.29 is 5.94 Å². The minimum atomic E-state index is 0.442. The molecule has 4 rings (SSSR count). The van der Waals surface area contributed by atoms with Gasteiger partial charge >= 0.3 is 0 Å². The molecule has 0 N–H and O–H groups in total. The molecular formula is C28H30N+. The molecule has 0 aliphatic heterocycles. The zero-order valence-corrected chi connectivity index (χ0v) is 18.3. The minimum Gasteiger partial charge on any atom is -0.198 e. The molecule has 1 heterocycles. The third-order valence-electron chi connectivity index (χ3n) is 6.15.